The third kappa shape index (κ3) is 3.83. The highest BCUT2D eigenvalue weighted by Gasteiger charge is 2.24. The van der Waals surface area contributed by atoms with Gasteiger partial charge in [0, 0.05) is 9.89 Å². The smallest absolute Gasteiger partial charge is 0.178 e. The summed E-state index contributed by atoms with van der Waals surface area (Å²) >= 11 is 3.35. The minimum absolute atomic E-state index is 0.139. The fourth-order valence-corrected chi connectivity index (χ4v) is 1.73. The number of hydrogen-bond acceptors (Lipinski definition) is 2. The van der Waals surface area contributed by atoms with E-state index in [-0.39, 0.29) is 11.4 Å². The zero-order valence-corrected chi connectivity index (χ0v) is 11.7. The summed E-state index contributed by atoms with van der Waals surface area (Å²) in [5.41, 5.74) is 0.497. The normalized spacial score (nSPS) is 12.1. The van der Waals surface area contributed by atoms with Crippen LogP contribution in [0.25, 0.3) is 6.08 Å². The molecule has 0 bridgehead atoms. The van der Waals surface area contributed by atoms with Crippen LogP contribution in [0.15, 0.2) is 34.3 Å². The number of carbonyl (C=O) groups is 1. The van der Waals surface area contributed by atoms with E-state index >= 15 is 0 Å². The Morgan fingerprint density at radius 2 is 2.06 bits per heavy atom. The Bertz CT molecular complexity index is 504. The molecule has 1 aromatic rings. The first kappa shape index (κ1) is 13.7. The molecule has 1 rings (SSSR count). The van der Waals surface area contributed by atoms with Crippen LogP contribution in [0.5, 0.6) is 0 Å². The van der Waals surface area contributed by atoms with Gasteiger partial charge in [-0.15, -0.1) is 0 Å². The quantitative estimate of drug-likeness (QED) is 0.611. The summed E-state index contributed by atoms with van der Waals surface area (Å²) in [4.78, 5) is 12.0. The molecule has 1 aromatic carbocycles. The summed E-state index contributed by atoms with van der Waals surface area (Å²) in [6, 6.07) is 9.47. The number of Topliss-reactive ketones (excluding diaryl/α,β-unsaturated/α-hetero) is 1. The summed E-state index contributed by atoms with van der Waals surface area (Å²) in [7, 11) is 0. The van der Waals surface area contributed by atoms with Crippen molar-refractivity contribution in [1.82, 2.24) is 0 Å². The zero-order chi connectivity index (χ0) is 13.1. The number of rotatable bonds is 2. The molecule has 0 atom stereocenters. The molecule has 88 valence electrons. The van der Waals surface area contributed by atoms with E-state index < -0.39 is 5.41 Å². The Kier molecular flexibility index (Phi) is 4.25. The minimum atomic E-state index is -0.534. The highest BCUT2D eigenvalue weighted by Crippen LogP contribution is 2.22. The van der Waals surface area contributed by atoms with Gasteiger partial charge in [0.05, 0.1) is 5.57 Å². The molecule has 17 heavy (non-hydrogen) atoms. The van der Waals surface area contributed by atoms with Crippen molar-refractivity contribution in [3.8, 4) is 6.07 Å². The van der Waals surface area contributed by atoms with Gasteiger partial charge < -0.3 is 0 Å². The number of nitrogens with zero attached hydrogens (tertiary/aromatic N) is 1. The summed E-state index contributed by atoms with van der Waals surface area (Å²) in [6.45, 7) is 5.42. The molecule has 0 unspecified atom stereocenters. The van der Waals surface area contributed by atoms with Crippen LogP contribution in [0.3, 0.4) is 0 Å². The molecule has 0 amide bonds. The van der Waals surface area contributed by atoms with E-state index in [0.717, 1.165) is 10.0 Å². The average molecular weight is 292 g/mol. The van der Waals surface area contributed by atoms with Crippen molar-refractivity contribution in [2.75, 3.05) is 0 Å². The molecule has 0 aliphatic heterocycles. The van der Waals surface area contributed by atoms with Gasteiger partial charge in [-0.1, -0.05) is 48.8 Å². The molecule has 0 aliphatic rings. The van der Waals surface area contributed by atoms with E-state index in [2.05, 4.69) is 15.9 Å². The van der Waals surface area contributed by atoms with Crippen LogP contribution in [0.2, 0.25) is 0 Å². The van der Waals surface area contributed by atoms with Gasteiger partial charge in [-0.25, -0.2) is 0 Å². The molecule has 0 saturated heterocycles. The second-order valence-electron chi connectivity index (χ2n) is 4.80. The van der Waals surface area contributed by atoms with Crippen molar-refractivity contribution >= 4 is 27.8 Å². The molecule has 0 fully saturated rings. The van der Waals surface area contributed by atoms with Crippen LogP contribution in [0.4, 0.5) is 0 Å². The van der Waals surface area contributed by atoms with E-state index in [1.165, 1.54) is 0 Å². The van der Waals surface area contributed by atoms with Crippen LogP contribution in [0, 0.1) is 16.7 Å². The lowest BCUT2D eigenvalue weighted by atomic mass is 9.86. The average Bonchev–Trinajstić information content (AvgIpc) is 2.24. The highest BCUT2D eigenvalue weighted by atomic mass is 79.9. The molecule has 0 N–H and O–H groups in total. The number of hydrogen-bond donors (Lipinski definition) is 0. The standard InChI is InChI=1S/C14H14BrNO/c1-14(2,3)13(17)11(9-16)7-10-5-4-6-12(15)8-10/h4-8H,1-3H3/b11-7-. The monoisotopic (exact) mass is 291 g/mol. The maximum absolute atomic E-state index is 12.0. The Hall–Kier alpha value is -1.40. The number of carbonyl (C=O) groups excluding carboxylic acids is 1. The summed E-state index contributed by atoms with van der Waals surface area (Å²) in [5.74, 6) is -0.139. The number of halogens is 1. The number of allylic oxidation sites excluding steroid dienone is 1. The Morgan fingerprint density at radius 3 is 2.53 bits per heavy atom. The van der Waals surface area contributed by atoms with Crippen molar-refractivity contribution in [2.24, 2.45) is 5.41 Å². The first-order valence-corrected chi connectivity index (χ1v) is 6.06. The van der Waals surface area contributed by atoms with Crippen molar-refractivity contribution in [1.29, 1.82) is 5.26 Å². The Balaban J connectivity index is 3.13. The number of ketones is 1. The van der Waals surface area contributed by atoms with Crippen LogP contribution >= 0.6 is 15.9 Å². The highest BCUT2D eigenvalue weighted by molar-refractivity contribution is 9.10. The molecule has 3 heteroatoms. The van der Waals surface area contributed by atoms with Gasteiger partial charge in [0.25, 0.3) is 0 Å². The van der Waals surface area contributed by atoms with Crippen molar-refractivity contribution in [2.45, 2.75) is 20.8 Å². The Morgan fingerprint density at radius 1 is 1.41 bits per heavy atom. The minimum Gasteiger partial charge on any atom is -0.293 e. The molecule has 0 aromatic heterocycles. The molecule has 2 nitrogen and oxygen atoms in total. The lowest BCUT2D eigenvalue weighted by molar-refractivity contribution is -0.121. The maximum Gasteiger partial charge on any atom is 0.178 e. The van der Waals surface area contributed by atoms with Crippen molar-refractivity contribution in [3.05, 3.63) is 39.9 Å². The molecule has 0 spiro atoms. The van der Waals surface area contributed by atoms with Gasteiger partial charge in [0.2, 0.25) is 0 Å². The Labute approximate surface area is 110 Å². The lowest BCUT2D eigenvalue weighted by Gasteiger charge is -2.15. The second kappa shape index (κ2) is 5.29. The third-order valence-corrected chi connectivity index (χ3v) is 2.70. The van der Waals surface area contributed by atoms with Crippen LogP contribution in [0.1, 0.15) is 26.3 Å². The van der Waals surface area contributed by atoms with Gasteiger partial charge >= 0.3 is 0 Å². The zero-order valence-electron chi connectivity index (χ0n) is 10.1. The van der Waals surface area contributed by atoms with Crippen molar-refractivity contribution in [3.63, 3.8) is 0 Å². The maximum atomic E-state index is 12.0. The fourth-order valence-electron chi connectivity index (χ4n) is 1.32. The lowest BCUT2D eigenvalue weighted by Crippen LogP contribution is -2.21. The second-order valence-corrected chi connectivity index (χ2v) is 5.72. The summed E-state index contributed by atoms with van der Waals surface area (Å²) < 4.78 is 0.923. The van der Waals surface area contributed by atoms with Gasteiger partial charge in [0.1, 0.15) is 6.07 Å². The molecule has 0 aliphatic carbocycles. The summed E-state index contributed by atoms with van der Waals surface area (Å²) in [6.07, 6.45) is 1.62. The predicted octanol–water partition coefficient (Wildman–Crippen LogP) is 3.97. The van der Waals surface area contributed by atoms with Crippen LogP contribution in [-0.2, 0) is 4.79 Å². The van der Waals surface area contributed by atoms with E-state index in [4.69, 9.17) is 5.26 Å². The van der Waals surface area contributed by atoms with Gasteiger partial charge in [-0.2, -0.15) is 5.26 Å². The third-order valence-electron chi connectivity index (χ3n) is 2.21. The van der Waals surface area contributed by atoms with E-state index in [1.807, 2.05) is 30.3 Å². The predicted molar refractivity (Wildman–Crippen MR) is 72.2 cm³/mol. The van der Waals surface area contributed by atoms with Gasteiger partial charge in [-0.3, -0.25) is 4.79 Å². The largest absolute Gasteiger partial charge is 0.293 e. The van der Waals surface area contributed by atoms with E-state index in [0.29, 0.717) is 0 Å². The summed E-state index contributed by atoms with van der Waals surface area (Å²) in [5, 5.41) is 9.04. The van der Waals surface area contributed by atoms with Crippen LogP contribution in [-0.4, -0.2) is 5.78 Å². The molecule has 0 radical (unpaired) electrons. The van der Waals surface area contributed by atoms with Gasteiger partial charge in [0.15, 0.2) is 5.78 Å². The van der Waals surface area contributed by atoms with Crippen molar-refractivity contribution < 1.29 is 4.79 Å². The van der Waals surface area contributed by atoms with Gasteiger partial charge in [-0.05, 0) is 23.8 Å². The SMILES string of the molecule is CC(C)(C)C(=O)/C(C#N)=C\c1cccc(Br)c1. The van der Waals surface area contributed by atoms with E-state index in [1.54, 1.807) is 26.8 Å². The molecular formula is C14H14BrNO. The topological polar surface area (TPSA) is 40.9 Å². The first-order valence-electron chi connectivity index (χ1n) is 5.27. The number of benzene rings is 1. The fraction of sp³-hybridized carbons (Fsp3) is 0.286. The first-order chi connectivity index (χ1) is 7.84. The molecule has 0 heterocycles. The number of nitriles is 1. The van der Waals surface area contributed by atoms with Crippen LogP contribution < -0.4 is 0 Å². The molecular weight excluding hydrogens is 278 g/mol. The van der Waals surface area contributed by atoms with E-state index in [9.17, 15) is 4.79 Å². The molecule has 0 saturated carbocycles.